The third-order valence-corrected chi connectivity index (χ3v) is 1.93. The normalized spacial score (nSPS) is 14.4. The topological polar surface area (TPSA) is 37.3 Å². The zero-order valence-corrected chi connectivity index (χ0v) is 7.92. The predicted octanol–water partition coefficient (Wildman–Crippen LogP) is 1.93. The van der Waals surface area contributed by atoms with Crippen molar-refractivity contribution in [3.05, 3.63) is 11.6 Å². The van der Waals surface area contributed by atoms with E-state index in [0.717, 1.165) is 31.1 Å². The lowest BCUT2D eigenvalue weighted by molar-refractivity contribution is -0.104. The predicted molar refractivity (Wildman–Crippen MR) is 49.9 cm³/mol. The fourth-order valence-electron chi connectivity index (χ4n) is 1.01. The Morgan fingerprint density at radius 3 is 2.67 bits per heavy atom. The summed E-state index contributed by atoms with van der Waals surface area (Å²) in [5.74, 6) is 0.547. The minimum atomic E-state index is 0.261. The molecule has 0 saturated carbocycles. The van der Waals surface area contributed by atoms with Crippen LogP contribution in [0.4, 0.5) is 0 Å². The first-order valence-electron chi connectivity index (χ1n) is 4.43. The van der Waals surface area contributed by atoms with Gasteiger partial charge in [-0.25, -0.2) is 0 Å². The van der Waals surface area contributed by atoms with Crippen molar-refractivity contribution in [1.29, 1.82) is 0 Å². The Morgan fingerprint density at radius 1 is 1.50 bits per heavy atom. The molecule has 0 aromatic rings. The van der Waals surface area contributed by atoms with E-state index in [-0.39, 0.29) is 6.61 Å². The van der Waals surface area contributed by atoms with Crippen LogP contribution in [0.1, 0.15) is 33.1 Å². The van der Waals surface area contributed by atoms with Crippen LogP contribution < -0.4 is 0 Å². The third-order valence-electron chi connectivity index (χ3n) is 1.93. The third kappa shape index (κ3) is 6.10. The lowest BCUT2D eigenvalue weighted by atomic mass is 10.0. The number of aldehydes is 1. The van der Waals surface area contributed by atoms with E-state index >= 15 is 0 Å². The minimum absolute atomic E-state index is 0.261. The van der Waals surface area contributed by atoms with Gasteiger partial charge in [-0.3, -0.25) is 4.79 Å². The highest BCUT2D eigenvalue weighted by Crippen LogP contribution is 2.10. The Bertz CT molecular complexity index is 150. The second-order valence-corrected chi connectivity index (χ2v) is 3.26. The average Bonchev–Trinajstić information content (AvgIpc) is 2.04. The summed E-state index contributed by atoms with van der Waals surface area (Å²) in [5, 5.41) is 8.62. The first kappa shape index (κ1) is 11.4. The van der Waals surface area contributed by atoms with Gasteiger partial charge < -0.3 is 5.11 Å². The van der Waals surface area contributed by atoms with Crippen LogP contribution in [-0.2, 0) is 4.79 Å². The molecule has 0 rings (SSSR count). The monoisotopic (exact) mass is 170 g/mol. The Hall–Kier alpha value is -0.630. The molecule has 1 unspecified atom stereocenters. The van der Waals surface area contributed by atoms with Gasteiger partial charge in [0.15, 0.2) is 0 Å². The number of aliphatic hydroxyl groups excluding tert-OH is 1. The van der Waals surface area contributed by atoms with Gasteiger partial charge in [0.1, 0.15) is 6.29 Å². The van der Waals surface area contributed by atoms with E-state index in [0.29, 0.717) is 5.92 Å². The van der Waals surface area contributed by atoms with Gasteiger partial charge in [-0.1, -0.05) is 13.0 Å². The molecular formula is C10H18O2. The zero-order valence-electron chi connectivity index (χ0n) is 7.92. The van der Waals surface area contributed by atoms with Crippen LogP contribution in [-0.4, -0.2) is 18.0 Å². The van der Waals surface area contributed by atoms with E-state index in [1.165, 1.54) is 0 Å². The van der Waals surface area contributed by atoms with Crippen molar-refractivity contribution in [1.82, 2.24) is 0 Å². The van der Waals surface area contributed by atoms with Crippen molar-refractivity contribution < 1.29 is 9.90 Å². The maximum atomic E-state index is 10.2. The molecule has 0 heterocycles. The summed E-state index contributed by atoms with van der Waals surface area (Å²) in [4.78, 5) is 10.2. The first-order chi connectivity index (χ1) is 5.70. The van der Waals surface area contributed by atoms with Crippen LogP contribution in [0.15, 0.2) is 11.6 Å². The van der Waals surface area contributed by atoms with E-state index in [1.54, 1.807) is 0 Å². The highest BCUT2D eigenvalue weighted by molar-refractivity contribution is 5.71. The smallest absolute Gasteiger partial charge is 0.145 e. The van der Waals surface area contributed by atoms with Crippen molar-refractivity contribution in [2.45, 2.75) is 33.1 Å². The Balaban J connectivity index is 3.48. The lowest BCUT2D eigenvalue weighted by Crippen LogP contribution is -1.97. The van der Waals surface area contributed by atoms with Crippen molar-refractivity contribution >= 4 is 6.29 Å². The number of aliphatic hydroxyl groups is 1. The second kappa shape index (κ2) is 7.04. The molecule has 1 atom stereocenters. The van der Waals surface area contributed by atoms with Crippen LogP contribution >= 0.6 is 0 Å². The van der Waals surface area contributed by atoms with E-state index < -0.39 is 0 Å². The molecule has 0 aromatic carbocycles. The molecule has 2 heteroatoms. The maximum Gasteiger partial charge on any atom is 0.145 e. The fourth-order valence-corrected chi connectivity index (χ4v) is 1.01. The van der Waals surface area contributed by atoms with Crippen molar-refractivity contribution in [2.75, 3.05) is 6.61 Å². The zero-order chi connectivity index (χ0) is 9.40. The summed E-state index contributed by atoms with van der Waals surface area (Å²) in [5.41, 5.74) is 0.797. The van der Waals surface area contributed by atoms with E-state index in [1.807, 2.05) is 13.0 Å². The summed E-state index contributed by atoms with van der Waals surface area (Å²) in [6, 6.07) is 0. The SMILES string of the molecule is CC(C=O)=CCCC(C)CCO. The molecule has 0 bridgehead atoms. The number of carbonyl (C=O) groups excluding carboxylic acids is 1. The van der Waals surface area contributed by atoms with Crippen molar-refractivity contribution in [3.63, 3.8) is 0 Å². The number of carbonyl (C=O) groups is 1. The van der Waals surface area contributed by atoms with Gasteiger partial charge in [-0.15, -0.1) is 0 Å². The van der Waals surface area contributed by atoms with E-state index in [9.17, 15) is 4.79 Å². The standard InChI is InChI=1S/C10H18O2/c1-9(6-7-11)4-3-5-10(2)8-12/h5,8-9,11H,3-4,6-7H2,1-2H3. The molecule has 0 amide bonds. The van der Waals surface area contributed by atoms with Crippen LogP contribution in [0.2, 0.25) is 0 Å². The van der Waals surface area contributed by atoms with Gasteiger partial charge >= 0.3 is 0 Å². The second-order valence-electron chi connectivity index (χ2n) is 3.26. The Morgan fingerprint density at radius 2 is 2.17 bits per heavy atom. The van der Waals surface area contributed by atoms with Gasteiger partial charge in [0.05, 0.1) is 0 Å². The highest BCUT2D eigenvalue weighted by atomic mass is 16.3. The summed E-state index contributed by atoms with van der Waals surface area (Å²) < 4.78 is 0. The molecular weight excluding hydrogens is 152 g/mol. The molecule has 0 aliphatic rings. The molecule has 70 valence electrons. The molecule has 1 N–H and O–H groups in total. The maximum absolute atomic E-state index is 10.2. The molecule has 0 fully saturated rings. The largest absolute Gasteiger partial charge is 0.396 e. The van der Waals surface area contributed by atoms with Crippen LogP contribution in [0.25, 0.3) is 0 Å². The van der Waals surface area contributed by atoms with Gasteiger partial charge in [-0.2, -0.15) is 0 Å². The van der Waals surface area contributed by atoms with Gasteiger partial charge in [-0.05, 0) is 37.7 Å². The van der Waals surface area contributed by atoms with Gasteiger partial charge in [0, 0.05) is 6.61 Å². The fraction of sp³-hybridized carbons (Fsp3) is 0.700. The molecule has 0 spiro atoms. The molecule has 0 saturated heterocycles. The summed E-state index contributed by atoms with van der Waals surface area (Å²) in [6.45, 7) is 4.18. The molecule has 0 radical (unpaired) electrons. The summed E-state index contributed by atoms with van der Waals surface area (Å²) in [7, 11) is 0. The van der Waals surface area contributed by atoms with Crippen molar-refractivity contribution in [2.24, 2.45) is 5.92 Å². The minimum Gasteiger partial charge on any atom is -0.396 e. The van der Waals surface area contributed by atoms with Crippen LogP contribution in [0.3, 0.4) is 0 Å². The van der Waals surface area contributed by atoms with E-state index in [2.05, 4.69) is 6.92 Å². The summed E-state index contributed by atoms with van der Waals surface area (Å²) >= 11 is 0. The quantitative estimate of drug-likeness (QED) is 0.488. The number of hydrogen-bond acceptors (Lipinski definition) is 2. The number of hydrogen-bond donors (Lipinski definition) is 1. The molecule has 12 heavy (non-hydrogen) atoms. The van der Waals surface area contributed by atoms with E-state index in [4.69, 9.17) is 5.11 Å². The Kier molecular flexibility index (Phi) is 6.67. The Labute approximate surface area is 74.3 Å². The lowest BCUT2D eigenvalue weighted by Gasteiger charge is -2.06. The summed E-state index contributed by atoms with van der Waals surface area (Å²) in [6.07, 6.45) is 5.66. The average molecular weight is 170 g/mol. The van der Waals surface area contributed by atoms with Crippen LogP contribution in [0, 0.1) is 5.92 Å². The number of rotatable bonds is 6. The molecule has 0 aliphatic heterocycles. The molecule has 0 aromatic heterocycles. The molecule has 2 nitrogen and oxygen atoms in total. The van der Waals surface area contributed by atoms with Gasteiger partial charge in [0.2, 0.25) is 0 Å². The van der Waals surface area contributed by atoms with Gasteiger partial charge in [0.25, 0.3) is 0 Å². The highest BCUT2D eigenvalue weighted by Gasteiger charge is 1.98. The molecule has 0 aliphatic carbocycles. The van der Waals surface area contributed by atoms with Crippen LogP contribution in [0.5, 0.6) is 0 Å². The van der Waals surface area contributed by atoms with Crippen molar-refractivity contribution in [3.8, 4) is 0 Å². The first-order valence-corrected chi connectivity index (χ1v) is 4.43. The number of allylic oxidation sites excluding steroid dienone is 2.